The van der Waals surface area contributed by atoms with Crippen LogP contribution in [0.5, 0.6) is 0 Å². The molecule has 0 saturated carbocycles. The molecule has 3 heteroatoms. The van der Waals surface area contributed by atoms with Crippen LogP contribution in [-0.4, -0.2) is 16.3 Å². The van der Waals surface area contributed by atoms with Crippen molar-refractivity contribution in [2.24, 2.45) is 0 Å². The summed E-state index contributed by atoms with van der Waals surface area (Å²) in [5.74, 6) is 0. The maximum atomic E-state index is 4.74. The van der Waals surface area contributed by atoms with Gasteiger partial charge in [0.1, 0.15) is 0 Å². The third kappa shape index (κ3) is 1.93. The second kappa shape index (κ2) is 4.72. The standard InChI is InChI=1S/C16H21N3/c1-4-14-11(2)18-19(12(14)3)15-9-5-7-13-8-6-10-17-16(13)15/h5,7,9,17H,4,6,8,10H2,1-3H3. The van der Waals surface area contributed by atoms with Gasteiger partial charge in [-0.15, -0.1) is 0 Å². The first-order valence-electron chi connectivity index (χ1n) is 7.13. The molecule has 0 spiro atoms. The Balaban J connectivity index is 2.17. The van der Waals surface area contributed by atoms with Gasteiger partial charge in [-0.25, -0.2) is 4.68 Å². The number of fused-ring (bicyclic) bond motifs is 1. The first-order chi connectivity index (χ1) is 9.22. The van der Waals surface area contributed by atoms with Gasteiger partial charge < -0.3 is 5.32 Å². The maximum absolute atomic E-state index is 4.74. The molecule has 19 heavy (non-hydrogen) atoms. The molecule has 3 rings (SSSR count). The minimum Gasteiger partial charge on any atom is -0.383 e. The molecule has 0 unspecified atom stereocenters. The molecule has 1 N–H and O–H groups in total. The molecule has 1 aromatic carbocycles. The predicted octanol–water partition coefficient (Wildman–Crippen LogP) is 3.41. The van der Waals surface area contributed by atoms with Crippen LogP contribution in [0.15, 0.2) is 18.2 Å². The van der Waals surface area contributed by atoms with Crippen LogP contribution < -0.4 is 5.32 Å². The summed E-state index contributed by atoms with van der Waals surface area (Å²) in [6.45, 7) is 7.52. The van der Waals surface area contributed by atoms with Gasteiger partial charge in [-0.2, -0.15) is 5.10 Å². The first kappa shape index (κ1) is 12.3. The van der Waals surface area contributed by atoms with Gasteiger partial charge in [0.05, 0.1) is 17.1 Å². The van der Waals surface area contributed by atoms with Gasteiger partial charge in [0.2, 0.25) is 0 Å². The molecule has 1 aliphatic heterocycles. The number of rotatable bonds is 2. The summed E-state index contributed by atoms with van der Waals surface area (Å²) in [6.07, 6.45) is 3.42. The normalized spacial score (nSPS) is 14.1. The van der Waals surface area contributed by atoms with E-state index in [0.29, 0.717) is 0 Å². The number of aryl methyl sites for hydroxylation is 2. The van der Waals surface area contributed by atoms with Crippen molar-refractivity contribution in [1.29, 1.82) is 0 Å². The highest BCUT2D eigenvalue weighted by molar-refractivity contribution is 5.67. The van der Waals surface area contributed by atoms with E-state index in [1.807, 2.05) is 0 Å². The Labute approximate surface area is 114 Å². The van der Waals surface area contributed by atoms with Crippen LogP contribution in [0.3, 0.4) is 0 Å². The van der Waals surface area contributed by atoms with Crippen molar-refractivity contribution in [3.63, 3.8) is 0 Å². The summed E-state index contributed by atoms with van der Waals surface area (Å²) < 4.78 is 2.10. The summed E-state index contributed by atoms with van der Waals surface area (Å²) in [6, 6.07) is 6.52. The number of aromatic nitrogens is 2. The van der Waals surface area contributed by atoms with E-state index in [1.54, 1.807) is 0 Å². The van der Waals surface area contributed by atoms with Crippen LogP contribution in [0.4, 0.5) is 5.69 Å². The van der Waals surface area contributed by atoms with Crippen molar-refractivity contribution in [3.05, 3.63) is 40.7 Å². The van der Waals surface area contributed by atoms with Crippen LogP contribution >= 0.6 is 0 Å². The highest BCUT2D eigenvalue weighted by Crippen LogP contribution is 2.30. The number of hydrogen-bond acceptors (Lipinski definition) is 2. The van der Waals surface area contributed by atoms with Crippen molar-refractivity contribution in [1.82, 2.24) is 9.78 Å². The number of nitrogens with one attached hydrogen (secondary N) is 1. The summed E-state index contributed by atoms with van der Waals surface area (Å²) in [7, 11) is 0. The number of para-hydroxylation sites is 1. The predicted molar refractivity (Wildman–Crippen MR) is 79.2 cm³/mol. The molecule has 100 valence electrons. The minimum absolute atomic E-state index is 1.04. The fraction of sp³-hybridized carbons (Fsp3) is 0.438. The lowest BCUT2D eigenvalue weighted by atomic mass is 10.0. The minimum atomic E-state index is 1.04. The van der Waals surface area contributed by atoms with Gasteiger partial charge in [-0.05, 0) is 50.3 Å². The van der Waals surface area contributed by atoms with E-state index in [9.17, 15) is 0 Å². The smallest absolute Gasteiger partial charge is 0.0883 e. The lowest BCUT2D eigenvalue weighted by Crippen LogP contribution is -2.15. The molecule has 2 heterocycles. The molecule has 0 fully saturated rings. The Bertz CT molecular complexity index is 611. The zero-order valence-corrected chi connectivity index (χ0v) is 12.0. The van der Waals surface area contributed by atoms with Gasteiger partial charge in [-0.1, -0.05) is 19.1 Å². The Morgan fingerprint density at radius 2 is 2.16 bits per heavy atom. The molecule has 0 amide bonds. The molecule has 0 radical (unpaired) electrons. The average molecular weight is 255 g/mol. The summed E-state index contributed by atoms with van der Waals surface area (Å²) in [4.78, 5) is 0. The van der Waals surface area contributed by atoms with Crippen molar-refractivity contribution >= 4 is 5.69 Å². The van der Waals surface area contributed by atoms with Crippen LogP contribution in [-0.2, 0) is 12.8 Å². The molecular weight excluding hydrogens is 234 g/mol. The van der Waals surface area contributed by atoms with Crippen molar-refractivity contribution < 1.29 is 0 Å². The number of hydrogen-bond donors (Lipinski definition) is 1. The number of nitrogens with zero attached hydrogens (tertiary/aromatic N) is 2. The highest BCUT2D eigenvalue weighted by atomic mass is 15.3. The van der Waals surface area contributed by atoms with E-state index in [4.69, 9.17) is 5.10 Å². The zero-order chi connectivity index (χ0) is 13.4. The zero-order valence-electron chi connectivity index (χ0n) is 12.0. The highest BCUT2D eigenvalue weighted by Gasteiger charge is 2.17. The van der Waals surface area contributed by atoms with Gasteiger partial charge in [0.25, 0.3) is 0 Å². The maximum Gasteiger partial charge on any atom is 0.0883 e. The van der Waals surface area contributed by atoms with Gasteiger partial charge >= 0.3 is 0 Å². The molecule has 0 aliphatic carbocycles. The van der Waals surface area contributed by atoms with E-state index < -0.39 is 0 Å². The molecule has 0 saturated heterocycles. The molecule has 1 aromatic heterocycles. The van der Waals surface area contributed by atoms with E-state index in [1.165, 1.54) is 34.6 Å². The largest absolute Gasteiger partial charge is 0.383 e. The van der Waals surface area contributed by atoms with E-state index in [-0.39, 0.29) is 0 Å². The molecular formula is C16H21N3. The fourth-order valence-corrected chi connectivity index (χ4v) is 3.09. The molecule has 2 aromatic rings. The summed E-state index contributed by atoms with van der Waals surface area (Å²) in [5, 5.41) is 8.28. The van der Waals surface area contributed by atoms with Crippen LogP contribution in [0.25, 0.3) is 5.69 Å². The van der Waals surface area contributed by atoms with Gasteiger partial charge in [0, 0.05) is 12.2 Å². The van der Waals surface area contributed by atoms with Crippen LogP contribution in [0, 0.1) is 13.8 Å². The summed E-state index contributed by atoms with van der Waals surface area (Å²) >= 11 is 0. The van der Waals surface area contributed by atoms with Crippen LogP contribution in [0.1, 0.15) is 35.9 Å². The second-order valence-corrected chi connectivity index (χ2v) is 5.26. The van der Waals surface area contributed by atoms with Crippen molar-refractivity contribution in [2.75, 3.05) is 11.9 Å². The number of benzene rings is 1. The fourth-order valence-electron chi connectivity index (χ4n) is 3.09. The molecule has 1 aliphatic rings. The third-order valence-electron chi connectivity index (χ3n) is 4.08. The van der Waals surface area contributed by atoms with Gasteiger partial charge in [-0.3, -0.25) is 0 Å². The first-order valence-corrected chi connectivity index (χ1v) is 7.13. The van der Waals surface area contributed by atoms with Gasteiger partial charge in [0.15, 0.2) is 0 Å². The van der Waals surface area contributed by atoms with Crippen molar-refractivity contribution in [2.45, 2.75) is 40.0 Å². The molecule has 0 atom stereocenters. The van der Waals surface area contributed by atoms with Crippen molar-refractivity contribution in [3.8, 4) is 5.69 Å². The van der Waals surface area contributed by atoms with E-state index in [2.05, 4.69) is 49.0 Å². The molecule has 0 bridgehead atoms. The Morgan fingerprint density at radius 3 is 2.89 bits per heavy atom. The quantitative estimate of drug-likeness (QED) is 0.891. The third-order valence-corrected chi connectivity index (χ3v) is 4.08. The monoisotopic (exact) mass is 255 g/mol. The number of anilines is 1. The molecule has 3 nitrogen and oxygen atoms in total. The lowest BCUT2D eigenvalue weighted by molar-refractivity contribution is 0.798. The summed E-state index contributed by atoms with van der Waals surface area (Å²) in [5.41, 5.74) is 7.65. The SMILES string of the molecule is CCc1c(C)nn(-c2cccc3c2NCCC3)c1C. The second-order valence-electron chi connectivity index (χ2n) is 5.26. The Hall–Kier alpha value is -1.77. The van der Waals surface area contributed by atoms with Crippen LogP contribution in [0.2, 0.25) is 0 Å². The van der Waals surface area contributed by atoms with E-state index in [0.717, 1.165) is 25.1 Å². The topological polar surface area (TPSA) is 29.9 Å². The Kier molecular flexibility index (Phi) is 3.05. The van der Waals surface area contributed by atoms with E-state index >= 15 is 0 Å². The Morgan fingerprint density at radius 1 is 1.32 bits per heavy atom. The lowest BCUT2D eigenvalue weighted by Gasteiger charge is -2.21. The average Bonchev–Trinajstić information content (AvgIpc) is 2.72.